The van der Waals surface area contributed by atoms with Gasteiger partial charge >= 0.3 is 0 Å². The van der Waals surface area contributed by atoms with Crippen molar-refractivity contribution in [2.75, 3.05) is 18.5 Å². The number of aliphatic hydroxyl groups excluding tert-OH is 1. The monoisotopic (exact) mass is 262 g/mol. The van der Waals surface area contributed by atoms with Crippen LogP contribution in [0.4, 0.5) is 5.69 Å². The topological polar surface area (TPSA) is 61.4 Å². The normalized spacial score (nSPS) is 18.8. The first-order valence-electron chi connectivity index (χ1n) is 6.89. The molecule has 0 aliphatic carbocycles. The first kappa shape index (κ1) is 14.0. The summed E-state index contributed by atoms with van der Waals surface area (Å²) in [6, 6.07) is 6.11. The number of carbonyl (C=O) groups is 1. The summed E-state index contributed by atoms with van der Waals surface area (Å²) in [4.78, 5) is 12.3. The molecule has 1 heterocycles. The van der Waals surface area contributed by atoms with Crippen molar-refractivity contribution in [2.45, 2.75) is 38.8 Å². The molecule has 0 aromatic heterocycles. The Balaban J connectivity index is 2.02. The van der Waals surface area contributed by atoms with Gasteiger partial charge in [0.05, 0.1) is 6.04 Å². The predicted molar refractivity (Wildman–Crippen MR) is 76.7 cm³/mol. The van der Waals surface area contributed by atoms with E-state index in [-0.39, 0.29) is 18.4 Å². The standard InChI is InChI=1S/C15H22N2O2/c1-10-8-13-9-12(4-5-14(13)17-10)15(19)11(2)16-6-3-7-18/h4-5,9-11,16-18H,3,6-8H2,1-2H3. The molecule has 1 aromatic carbocycles. The molecule has 1 aromatic rings. The van der Waals surface area contributed by atoms with Gasteiger partial charge in [-0.2, -0.15) is 0 Å². The van der Waals surface area contributed by atoms with E-state index in [0.29, 0.717) is 19.0 Å². The van der Waals surface area contributed by atoms with Crippen LogP contribution in [0, 0.1) is 0 Å². The van der Waals surface area contributed by atoms with E-state index in [2.05, 4.69) is 17.6 Å². The van der Waals surface area contributed by atoms with E-state index in [1.54, 1.807) is 0 Å². The second kappa shape index (κ2) is 6.17. The van der Waals surface area contributed by atoms with Gasteiger partial charge in [-0.05, 0) is 57.0 Å². The van der Waals surface area contributed by atoms with E-state index in [9.17, 15) is 4.79 Å². The average Bonchev–Trinajstić information content (AvgIpc) is 2.77. The minimum Gasteiger partial charge on any atom is -0.396 e. The molecule has 19 heavy (non-hydrogen) atoms. The quantitative estimate of drug-likeness (QED) is 0.538. The number of rotatable bonds is 6. The molecule has 2 rings (SSSR count). The van der Waals surface area contributed by atoms with E-state index in [0.717, 1.165) is 17.7 Å². The highest BCUT2D eigenvalue weighted by Crippen LogP contribution is 2.26. The Morgan fingerprint density at radius 2 is 2.37 bits per heavy atom. The molecule has 2 atom stereocenters. The van der Waals surface area contributed by atoms with Crippen LogP contribution in [0.1, 0.15) is 36.2 Å². The smallest absolute Gasteiger partial charge is 0.179 e. The number of benzene rings is 1. The first-order valence-corrected chi connectivity index (χ1v) is 6.89. The second-order valence-corrected chi connectivity index (χ2v) is 5.24. The van der Waals surface area contributed by atoms with Gasteiger partial charge in [-0.3, -0.25) is 4.79 Å². The summed E-state index contributed by atoms with van der Waals surface area (Å²) in [6.45, 7) is 4.82. The maximum atomic E-state index is 12.3. The first-order chi connectivity index (χ1) is 9.11. The van der Waals surface area contributed by atoms with Crippen molar-refractivity contribution in [1.29, 1.82) is 0 Å². The Kier molecular flexibility index (Phi) is 4.56. The van der Waals surface area contributed by atoms with Gasteiger partial charge in [0.2, 0.25) is 0 Å². The van der Waals surface area contributed by atoms with Crippen LogP contribution in [0.3, 0.4) is 0 Å². The highest BCUT2D eigenvalue weighted by molar-refractivity contribution is 6.00. The molecule has 3 N–H and O–H groups in total. The van der Waals surface area contributed by atoms with E-state index >= 15 is 0 Å². The fourth-order valence-electron chi connectivity index (χ4n) is 2.44. The van der Waals surface area contributed by atoms with Crippen molar-refractivity contribution in [1.82, 2.24) is 5.32 Å². The zero-order valence-electron chi connectivity index (χ0n) is 11.6. The van der Waals surface area contributed by atoms with Gasteiger partial charge in [-0.1, -0.05) is 0 Å². The fraction of sp³-hybridized carbons (Fsp3) is 0.533. The third-order valence-electron chi connectivity index (χ3n) is 3.50. The van der Waals surface area contributed by atoms with Crippen LogP contribution in [0.15, 0.2) is 18.2 Å². The molecule has 1 aliphatic heterocycles. The molecule has 104 valence electrons. The van der Waals surface area contributed by atoms with Gasteiger partial charge in [-0.15, -0.1) is 0 Å². The summed E-state index contributed by atoms with van der Waals surface area (Å²) in [7, 11) is 0. The Labute approximate surface area is 114 Å². The molecular weight excluding hydrogens is 240 g/mol. The minimum atomic E-state index is -0.212. The lowest BCUT2D eigenvalue weighted by atomic mass is 10.0. The number of nitrogens with one attached hydrogen (secondary N) is 2. The Morgan fingerprint density at radius 1 is 1.58 bits per heavy atom. The summed E-state index contributed by atoms with van der Waals surface area (Å²) < 4.78 is 0. The SMILES string of the molecule is CC1Cc2cc(C(=O)C(C)NCCCO)ccc2N1. The summed E-state index contributed by atoms with van der Waals surface area (Å²) in [5, 5.41) is 15.2. The average molecular weight is 262 g/mol. The molecular formula is C15H22N2O2. The van der Waals surface area contributed by atoms with Gasteiger partial charge < -0.3 is 15.7 Å². The summed E-state index contributed by atoms with van der Waals surface area (Å²) in [5.41, 5.74) is 3.13. The Bertz CT molecular complexity index is 459. The van der Waals surface area contributed by atoms with Crippen LogP contribution in [-0.2, 0) is 6.42 Å². The molecule has 0 saturated carbocycles. The molecule has 0 spiro atoms. The molecule has 0 saturated heterocycles. The van der Waals surface area contributed by atoms with Crippen molar-refractivity contribution in [3.63, 3.8) is 0 Å². The van der Waals surface area contributed by atoms with Crippen LogP contribution >= 0.6 is 0 Å². The van der Waals surface area contributed by atoms with Crippen molar-refractivity contribution in [2.24, 2.45) is 0 Å². The van der Waals surface area contributed by atoms with Gasteiger partial charge in [0.15, 0.2) is 5.78 Å². The highest BCUT2D eigenvalue weighted by Gasteiger charge is 2.20. The summed E-state index contributed by atoms with van der Waals surface area (Å²) in [5.74, 6) is 0.111. The lowest BCUT2D eigenvalue weighted by Gasteiger charge is -2.13. The number of ketones is 1. The maximum Gasteiger partial charge on any atom is 0.179 e. The number of hydrogen-bond acceptors (Lipinski definition) is 4. The Morgan fingerprint density at radius 3 is 3.11 bits per heavy atom. The van der Waals surface area contributed by atoms with E-state index in [1.807, 2.05) is 25.1 Å². The number of anilines is 1. The molecule has 0 fully saturated rings. The van der Waals surface area contributed by atoms with Crippen LogP contribution in [0.25, 0.3) is 0 Å². The van der Waals surface area contributed by atoms with Crippen molar-refractivity contribution in [3.05, 3.63) is 29.3 Å². The Hall–Kier alpha value is -1.39. The highest BCUT2D eigenvalue weighted by atomic mass is 16.3. The minimum absolute atomic E-state index is 0.111. The molecule has 0 amide bonds. The van der Waals surface area contributed by atoms with E-state index in [4.69, 9.17) is 5.11 Å². The molecule has 0 radical (unpaired) electrons. The van der Waals surface area contributed by atoms with Gasteiger partial charge in [0.1, 0.15) is 0 Å². The largest absolute Gasteiger partial charge is 0.396 e. The number of hydrogen-bond donors (Lipinski definition) is 3. The van der Waals surface area contributed by atoms with Crippen LogP contribution < -0.4 is 10.6 Å². The third-order valence-corrected chi connectivity index (χ3v) is 3.50. The number of Topliss-reactive ketones (excluding diaryl/α,β-unsaturated/α-hetero) is 1. The lowest BCUT2D eigenvalue weighted by molar-refractivity contribution is 0.0950. The molecule has 0 bridgehead atoms. The van der Waals surface area contributed by atoms with Crippen LogP contribution in [0.5, 0.6) is 0 Å². The van der Waals surface area contributed by atoms with Crippen molar-refractivity contribution < 1.29 is 9.90 Å². The molecule has 1 aliphatic rings. The van der Waals surface area contributed by atoms with Crippen molar-refractivity contribution in [3.8, 4) is 0 Å². The van der Waals surface area contributed by atoms with E-state index in [1.165, 1.54) is 5.56 Å². The van der Waals surface area contributed by atoms with Crippen molar-refractivity contribution >= 4 is 11.5 Å². The third kappa shape index (κ3) is 3.33. The maximum absolute atomic E-state index is 12.3. The molecule has 4 heteroatoms. The van der Waals surface area contributed by atoms with Gasteiger partial charge in [-0.25, -0.2) is 0 Å². The lowest BCUT2D eigenvalue weighted by Crippen LogP contribution is -2.35. The predicted octanol–water partition coefficient (Wildman–Crippen LogP) is 1.59. The number of aliphatic hydroxyl groups is 1. The number of carbonyl (C=O) groups excluding carboxylic acids is 1. The second-order valence-electron chi connectivity index (χ2n) is 5.24. The molecule has 4 nitrogen and oxygen atoms in total. The molecule has 2 unspecified atom stereocenters. The summed E-state index contributed by atoms with van der Waals surface area (Å²) in [6.07, 6.45) is 1.64. The van der Waals surface area contributed by atoms with Gasteiger partial charge in [0.25, 0.3) is 0 Å². The van der Waals surface area contributed by atoms with Crippen LogP contribution in [0.2, 0.25) is 0 Å². The van der Waals surface area contributed by atoms with E-state index < -0.39 is 0 Å². The van der Waals surface area contributed by atoms with Crippen LogP contribution in [-0.4, -0.2) is 36.1 Å². The zero-order valence-corrected chi connectivity index (χ0v) is 11.6. The van der Waals surface area contributed by atoms with Gasteiger partial charge in [0, 0.05) is 23.9 Å². The number of fused-ring (bicyclic) bond motifs is 1. The fourth-order valence-corrected chi connectivity index (χ4v) is 2.44. The summed E-state index contributed by atoms with van der Waals surface area (Å²) >= 11 is 0. The zero-order chi connectivity index (χ0) is 13.8.